The molecule has 1 heterocycles. The Morgan fingerprint density at radius 1 is 1.42 bits per heavy atom. The van der Waals surface area contributed by atoms with Crippen LogP contribution in [0.4, 0.5) is 5.69 Å². The Morgan fingerprint density at radius 3 is 2.33 bits per heavy atom. The van der Waals surface area contributed by atoms with E-state index >= 15 is 0 Å². The molecule has 0 unspecified atom stereocenters. The molecule has 1 aromatic rings. The molecule has 0 aromatic carbocycles. The highest BCUT2D eigenvalue weighted by atomic mass is 32.2. The third-order valence-electron chi connectivity index (χ3n) is 1.34. The number of nitrogens with one attached hydrogen (secondary N) is 1. The number of hydrogen-bond acceptors (Lipinski definition) is 3. The summed E-state index contributed by atoms with van der Waals surface area (Å²) in [5, 5.41) is 0. The van der Waals surface area contributed by atoms with Crippen LogP contribution in [0.3, 0.4) is 0 Å². The first-order chi connectivity index (χ1) is 5.38. The van der Waals surface area contributed by atoms with Gasteiger partial charge in [0.25, 0.3) is 0 Å². The van der Waals surface area contributed by atoms with Gasteiger partial charge >= 0.3 is 0 Å². The fourth-order valence-electron chi connectivity index (χ4n) is 0.932. The first kappa shape index (κ1) is 9.54. The molecule has 68 valence electrons. The van der Waals surface area contributed by atoms with Crippen molar-refractivity contribution in [2.24, 2.45) is 0 Å². The number of hydrogen-bond donors (Lipinski definition) is 1. The molecular weight excluding hydrogens is 194 g/mol. The number of sulfonamides is 1. The molecule has 0 amide bonds. The van der Waals surface area contributed by atoms with Gasteiger partial charge in [-0.15, -0.1) is 11.3 Å². The Kier molecular flexibility index (Phi) is 2.44. The summed E-state index contributed by atoms with van der Waals surface area (Å²) in [5.74, 6) is 0. The van der Waals surface area contributed by atoms with Gasteiger partial charge in [-0.1, -0.05) is 0 Å². The maximum absolute atomic E-state index is 10.9. The van der Waals surface area contributed by atoms with Gasteiger partial charge in [-0.3, -0.25) is 4.72 Å². The summed E-state index contributed by atoms with van der Waals surface area (Å²) < 4.78 is 24.2. The number of aryl methyl sites for hydroxylation is 2. The van der Waals surface area contributed by atoms with Crippen LogP contribution >= 0.6 is 11.3 Å². The fourth-order valence-corrected chi connectivity index (χ4v) is 2.49. The zero-order valence-electron chi connectivity index (χ0n) is 7.21. The maximum atomic E-state index is 10.9. The molecule has 0 saturated carbocycles. The van der Waals surface area contributed by atoms with Crippen molar-refractivity contribution in [3.05, 3.63) is 15.8 Å². The van der Waals surface area contributed by atoms with Gasteiger partial charge in [0.15, 0.2) is 0 Å². The van der Waals surface area contributed by atoms with Gasteiger partial charge in [0.1, 0.15) is 0 Å². The van der Waals surface area contributed by atoms with Crippen molar-refractivity contribution in [3.63, 3.8) is 0 Å². The summed E-state index contributed by atoms with van der Waals surface area (Å²) in [7, 11) is -3.13. The van der Waals surface area contributed by atoms with E-state index in [0.717, 1.165) is 16.0 Å². The van der Waals surface area contributed by atoms with E-state index in [2.05, 4.69) is 4.72 Å². The van der Waals surface area contributed by atoms with Gasteiger partial charge in [0.2, 0.25) is 10.0 Å². The second-order valence-corrected chi connectivity index (χ2v) is 5.91. The predicted octanol–water partition coefficient (Wildman–Crippen LogP) is 1.74. The second kappa shape index (κ2) is 3.06. The van der Waals surface area contributed by atoms with E-state index in [-0.39, 0.29) is 0 Å². The van der Waals surface area contributed by atoms with Gasteiger partial charge in [-0.05, 0) is 19.9 Å². The van der Waals surface area contributed by atoms with Crippen molar-refractivity contribution in [1.82, 2.24) is 0 Å². The lowest BCUT2D eigenvalue weighted by Gasteiger charge is -2.00. The molecular formula is C7H11NO2S2. The zero-order valence-corrected chi connectivity index (χ0v) is 8.84. The van der Waals surface area contributed by atoms with E-state index in [1.54, 1.807) is 11.3 Å². The lowest BCUT2D eigenvalue weighted by molar-refractivity contribution is 0.607. The summed E-state index contributed by atoms with van der Waals surface area (Å²) in [4.78, 5) is 2.11. The van der Waals surface area contributed by atoms with Crippen LogP contribution in [0.25, 0.3) is 0 Å². The quantitative estimate of drug-likeness (QED) is 0.799. The Balaban J connectivity index is 2.97. The molecule has 0 spiro atoms. The maximum Gasteiger partial charge on any atom is 0.229 e. The van der Waals surface area contributed by atoms with Crippen LogP contribution in [-0.4, -0.2) is 14.7 Å². The summed E-state index contributed by atoms with van der Waals surface area (Å²) >= 11 is 1.58. The van der Waals surface area contributed by atoms with Crippen LogP contribution in [0.1, 0.15) is 9.75 Å². The van der Waals surface area contributed by atoms with Crippen LogP contribution in [0, 0.1) is 13.8 Å². The van der Waals surface area contributed by atoms with Crippen LogP contribution < -0.4 is 4.72 Å². The first-order valence-corrected chi connectivity index (χ1v) is 6.14. The molecule has 0 aliphatic rings. The van der Waals surface area contributed by atoms with Crippen molar-refractivity contribution in [2.45, 2.75) is 13.8 Å². The third kappa shape index (κ3) is 2.49. The van der Waals surface area contributed by atoms with Crippen molar-refractivity contribution in [3.8, 4) is 0 Å². The summed E-state index contributed by atoms with van der Waals surface area (Å²) in [6.45, 7) is 3.84. The van der Waals surface area contributed by atoms with E-state index in [1.807, 2.05) is 19.9 Å². The van der Waals surface area contributed by atoms with Gasteiger partial charge in [0, 0.05) is 9.75 Å². The molecule has 1 aromatic heterocycles. The zero-order chi connectivity index (χ0) is 9.35. The van der Waals surface area contributed by atoms with E-state index in [4.69, 9.17) is 0 Å². The Morgan fingerprint density at radius 2 is 2.00 bits per heavy atom. The summed E-state index contributed by atoms with van der Waals surface area (Å²) in [6, 6.07) is 1.83. The average Bonchev–Trinajstić information content (AvgIpc) is 2.06. The number of rotatable bonds is 2. The van der Waals surface area contributed by atoms with Crippen LogP contribution in [-0.2, 0) is 10.0 Å². The average molecular weight is 205 g/mol. The van der Waals surface area contributed by atoms with E-state index in [1.165, 1.54) is 0 Å². The fraction of sp³-hybridized carbons (Fsp3) is 0.429. The topological polar surface area (TPSA) is 46.2 Å². The Hall–Kier alpha value is -0.550. The molecule has 1 N–H and O–H groups in total. The van der Waals surface area contributed by atoms with E-state index in [9.17, 15) is 8.42 Å². The minimum atomic E-state index is -3.13. The number of anilines is 1. The lowest BCUT2D eigenvalue weighted by atomic mass is 10.4. The lowest BCUT2D eigenvalue weighted by Crippen LogP contribution is -2.09. The van der Waals surface area contributed by atoms with Crippen molar-refractivity contribution >= 4 is 27.0 Å². The minimum Gasteiger partial charge on any atom is -0.283 e. The molecule has 0 aliphatic heterocycles. The van der Waals surface area contributed by atoms with Crippen molar-refractivity contribution < 1.29 is 8.42 Å². The standard InChI is InChI=1S/C7H11NO2S2/c1-5-4-7(6(2)11-5)8-12(3,9)10/h4,8H,1-3H3. The SMILES string of the molecule is Cc1cc(NS(C)(=O)=O)c(C)s1. The van der Waals surface area contributed by atoms with Gasteiger partial charge < -0.3 is 0 Å². The highest BCUT2D eigenvalue weighted by Gasteiger charge is 2.06. The molecule has 0 aliphatic carbocycles. The minimum absolute atomic E-state index is 0.694. The van der Waals surface area contributed by atoms with Crippen LogP contribution in [0.5, 0.6) is 0 Å². The van der Waals surface area contributed by atoms with Gasteiger partial charge in [-0.2, -0.15) is 0 Å². The molecule has 1 rings (SSSR count). The van der Waals surface area contributed by atoms with Crippen molar-refractivity contribution in [2.75, 3.05) is 11.0 Å². The van der Waals surface area contributed by atoms with Gasteiger partial charge in [0.05, 0.1) is 11.9 Å². The number of thiophene rings is 1. The molecule has 5 heteroatoms. The van der Waals surface area contributed by atoms with Gasteiger partial charge in [-0.25, -0.2) is 8.42 Å². The molecule has 0 radical (unpaired) electrons. The Labute approximate surface area is 76.5 Å². The van der Waals surface area contributed by atoms with E-state index in [0.29, 0.717) is 5.69 Å². The Bertz CT molecular complexity index is 378. The van der Waals surface area contributed by atoms with Crippen molar-refractivity contribution in [1.29, 1.82) is 0 Å². The largest absolute Gasteiger partial charge is 0.283 e. The molecule has 0 saturated heterocycles. The van der Waals surface area contributed by atoms with Crippen LogP contribution in [0.2, 0.25) is 0 Å². The molecule has 0 atom stereocenters. The molecule has 0 fully saturated rings. The smallest absolute Gasteiger partial charge is 0.229 e. The predicted molar refractivity (Wildman–Crippen MR) is 52.3 cm³/mol. The first-order valence-electron chi connectivity index (χ1n) is 3.43. The summed E-state index contributed by atoms with van der Waals surface area (Å²) in [5.41, 5.74) is 0.694. The summed E-state index contributed by atoms with van der Waals surface area (Å²) in [6.07, 6.45) is 1.15. The molecule has 12 heavy (non-hydrogen) atoms. The molecule has 0 bridgehead atoms. The highest BCUT2D eigenvalue weighted by Crippen LogP contribution is 2.25. The van der Waals surface area contributed by atoms with Crippen LogP contribution in [0.15, 0.2) is 6.07 Å². The van der Waals surface area contributed by atoms with E-state index < -0.39 is 10.0 Å². The highest BCUT2D eigenvalue weighted by molar-refractivity contribution is 7.92. The second-order valence-electron chi connectivity index (χ2n) is 2.70. The normalized spacial score (nSPS) is 11.6. The molecule has 3 nitrogen and oxygen atoms in total. The monoisotopic (exact) mass is 205 g/mol. The third-order valence-corrected chi connectivity index (χ3v) is 2.89.